The molecule has 4 rings (SSSR count). The van der Waals surface area contributed by atoms with E-state index in [1.807, 2.05) is 25.1 Å². The lowest BCUT2D eigenvalue weighted by Gasteiger charge is -2.33. The summed E-state index contributed by atoms with van der Waals surface area (Å²) in [6, 6.07) is 16.1. The standard InChI is InChI=1S/C21H24N4O2/c1-15-9-10-20(27-15)18-12-19(24-23-18)21(26)22-17-8-5-11-25(14-17)13-16-6-3-2-4-7-16/h2-4,6-7,9-10,12,17H,5,8,11,13-14H2,1H3,(H,22,26)(H,23,24). The summed E-state index contributed by atoms with van der Waals surface area (Å²) in [5.41, 5.74) is 2.40. The molecule has 27 heavy (non-hydrogen) atoms. The summed E-state index contributed by atoms with van der Waals surface area (Å²) in [6.45, 7) is 4.72. The number of hydrogen-bond donors (Lipinski definition) is 2. The molecule has 2 N–H and O–H groups in total. The SMILES string of the molecule is Cc1ccc(-c2cc(C(=O)NC3CCCN(Cc4ccccc4)C3)n[nH]2)o1. The highest BCUT2D eigenvalue weighted by molar-refractivity contribution is 5.93. The van der Waals surface area contributed by atoms with Crippen molar-refractivity contribution in [1.82, 2.24) is 20.4 Å². The molecule has 1 aliphatic rings. The fraction of sp³-hybridized carbons (Fsp3) is 0.333. The molecule has 0 aliphatic carbocycles. The Morgan fingerprint density at radius 3 is 2.93 bits per heavy atom. The maximum absolute atomic E-state index is 12.6. The molecule has 2 aromatic heterocycles. The van der Waals surface area contributed by atoms with Crippen LogP contribution < -0.4 is 5.32 Å². The Bertz CT molecular complexity index is 900. The third-order valence-corrected chi connectivity index (χ3v) is 4.91. The quantitative estimate of drug-likeness (QED) is 0.728. The number of piperidine rings is 1. The van der Waals surface area contributed by atoms with Crippen molar-refractivity contribution in [2.45, 2.75) is 32.4 Å². The predicted molar refractivity (Wildman–Crippen MR) is 103 cm³/mol. The number of hydrogen-bond acceptors (Lipinski definition) is 4. The number of benzene rings is 1. The van der Waals surface area contributed by atoms with Crippen molar-refractivity contribution in [2.24, 2.45) is 0 Å². The van der Waals surface area contributed by atoms with E-state index in [1.54, 1.807) is 6.07 Å². The molecule has 140 valence electrons. The maximum Gasteiger partial charge on any atom is 0.272 e. The van der Waals surface area contributed by atoms with Crippen LogP contribution in [0.2, 0.25) is 0 Å². The van der Waals surface area contributed by atoms with Crippen molar-refractivity contribution in [3.63, 3.8) is 0 Å². The van der Waals surface area contributed by atoms with Gasteiger partial charge >= 0.3 is 0 Å². The molecule has 0 bridgehead atoms. The number of H-pyrrole nitrogens is 1. The molecule has 1 unspecified atom stereocenters. The van der Waals surface area contributed by atoms with Crippen LogP contribution in [0.4, 0.5) is 0 Å². The lowest BCUT2D eigenvalue weighted by Crippen LogP contribution is -2.47. The van der Waals surface area contributed by atoms with E-state index in [2.05, 4.69) is 44.7 Å². The highest BCUT2D eigenvalue weighted by Crippen LogP contribution is 2.20. The largest absolute Gasteiger partial charge is 0.460 e. The van der Waals surface area contributed by atoms with Crippen molar-refractivity contribution in [3.8, 4) is 11.5 Å². The van der Waals surface area contributed by atoms with Gasteiger partial charge in [0, 0.05) is 25.2 Å². The van der Waals surface area contributed by atoms with E-state index in [1.165, 1.54) is 5.56 Å². The summed E-state index contributed by atoms with van der Waals surface area (Å²) in [7, 11) is 0. The summed E-state index contributed by atoms with van der Waals surface area (Å²) >= 11 is 0. The van der Waals surface area contributed by atoms with Gasteiger partial charge in [-0.1, -0.05) is 30.3 Å². The zero-order chi connectivity index (χ0) is 18.6. The molecule has 1 aliphatic heterocycles. The first kappa shape index (κ1) is 17.5. The molecule has 1 amide bonds. The average molecular weight is 364 g/mol. The van der Waals surface area contributed by atoms with Crippen molar-refractivity contribution in [2.75, 3.05) is 13.1 Å². The van der Waals surface area contributed by atoms with Crippen molar-refractivity contribution < 1.29 is 9.21 Å². The summed E-state index contributed by atoms with van der Waals surface area (Å²) < 4.78 is 5.57. The Kier molecular flexibility index (Phi) is 5.07. The molecular weight excluding hydrogens is 340 g/mol. The van der Waals surface area contributed by atoms with E-state index in [9.17, 15) is 4.79 Å². The Hall–Kier alpha value is -2.86. The lowest BCUT2D eigenvalue weighted by molar-refractivity contribution is 0.0895. The van der Waals surface area contributed by atoms with Gasteiger partial charge < -0.3 is 9.73 Å². The zero-order valence-electron chi connectivity index (χ0n) is 15.4. The molecule has 1 fully saturated rings. The van der Waals surface area contributed by atoms with Crippen LogP contribution in [0, 0.1) is 6.92 Å². The minimum absolute atomic E-state index is 0.140. The number of amides is 1. The predicted octanol–water partition coefficient (Wildman–Crippen LogP) is 3.37. The monoisotopic (exact) mass is 364 g/mol. The van der Waals surface area contributed by atoms with Gasteiger partial charge in [-0.05, 0) is 44.0 Å². The second kappa shape index (κ2) is 7.80. The average Bonchev–Trinajstić information content (AvgIpc) is 3.32. The molecule has 3 heterocycles. The number of rotatable bonds is 5. The second-order valence-corrected chi connectivity index (χ2v) is 7.11. The fourth-order valence-corrected chi connectivity index (χ4v) is 3.56. The van der Waals surface area contributed by atoms with Crippen LogP contribution in [0.25, 0.3) is 11.5 Å². The van der Waals surface area contributed by atoms with Gasteiger partial charge in [-0.2, -0.15) is 5.10 Å². The summed E-state index contributed by atoms with van der Waals surface area (Å²) in [4.78, 5) is 15.0. The molecule has 0 saturated carbocycles. The minimum atomic E-state index is -0.146. The van der Waals surface area contributed by atoms with Gasteiger partial charge in [0.15, 0.2) is 11.5 Å². The van der Waals surface area contributed by atoms with Crippen molar-refractivity contribution in [1.29, 1.82) is 0 Å². The van der Waals surface area contributed by atoms with E-state index < -0.39 is 0 Å². The molecule has 1 saturated heterocycles. The second-order valence-electron chi connectivity index (χ2n) is 7.11. The van der Waals surface area contributed by atoms with Crippen LogP contribution >= 0.6 is 0 Å². The topological polar surface area (TPSA) is 74.2 Å². The highest BCUT2D eigenvalue weighted by Gasteiger charge is 2.23. The third-order valence-electron chi connectivity index (χ3n) is 4.91. The third kappa shape index (κ3) is 4.28. The van der Waals surface area contributed by atoms with Gasteiger partial charge in [0.2, 0.25) is 0 Å². The van der Waals surface area contributed by atoms with Gasteiger partial charge in [0.1, 0.15) is 11.5 Å². The van der Waals surface area contributed by atoms with E-state index in [4.69, 9.17) is 4.42 Å². The van der Waals surface area contributed by atoms with E-state index in [0.717, 1.165) is 38.2 Å². The molecule has 6 nitrogen and oxygen atoms in total. The van der Waals surface area contributed by atoms with Crippen LogP contribution in [-0.2, 0) is 6.54 Å². The molecular formula is C21H24N4O2. The van der Waals surface area contributed by atoms with Crippen LogP contribution in [0.1, 0.15) is 34.7 Å². The Balaban J connectivity index is 1.36. The molecule has 1 atom stereocenters. The van der Waals surface area contributed by atoms with E-state index in [0.29, 0.717) is 17.1 Å². The Morgan fingerprint density at radius 2 is 2.15 bits per heavy atom. The normalized spacial score (nSPS) is 17.7. The first-order valence-electron chi connectivity index (χ1n) is 9.37. The number of furan rings is 1. The molecule has 0 radical (unpaired) electrons. The first-order chi connectivity index (χ1) is 13.2. The molecule has 3 aromatic rings. The van der Waals surface area contributed by atoms with Gasteiger partial charge in [-0.15, -0.1) is 0 Å². The Labute approximate surface area is 158 Å². The van der Waals surface area contributed by atoms with Crippen LogP contribution in [-0.4, -0.2) is 40.1 Å². The van der Waals surface area contributed by atoms with E-state index in [-0.39, 0.29) is 11.9 Å². The summed E-state index contributed by atoms with van der Waals surface area (Å²) in [6.07, 6.45) is 2.07. The lowest BCUT2D eigenvalue weighted by atomic mass is 10.0. The number of aryl methyl sites for hydroxylation is 1. The zero-order valence-corrected chi connectivity index (χ0v) is 15.4. The number of nitrogens with one attached hydrogen (secondary N) is 2. The van der Waals surface area contributed by atoms with Crippen molar-refractivity contribution >= 4 is 5.91 Å². The fourth-order valence-electron chi connectivity index (χ4n) is 3.56. The number of carbonyl (C=O) groups excluding carboxylic acids is 1. The first-order valence-corrected chi connectivity index (χ1v) is 9.37. The van der Waals surface area contributed by atoms with E-state index >= 15 is 0 Å². The number of likely N-dealkylation sites (tertiary alicyclic amines) is 1. The van der Waals surface area contributed by atoms with Gasteiger partial charge in [-0.3, -0.25) is 14.8 Å². The highest BCUT2D eigenvalue weighted by atomic mass is 16.3. The number of carbonyl (C=O) groups is 1. The van der Waals surface area contributed by atoms with Crippen LogP contribution in [0.3, 0.4) is 0 Å². The molecule has 6 heteroatoms. The Morgan fingerprint density at radius 1 is 1.30 bits per heavy atom. The smallest absolute Gasteiger partial charge is 0.272 e. The summed E-state index contributed by atoms with van der Waals surface area (Å²) in [5.74, 6) is 1.37. The van der Waals surface area contributed by atoms with Crippen LogP contribution in [0.15, 0.2) is 52.9 Å². The minimum Gasteiger partial charge on any atom is -0.460 e. The van der Waals surface area contributed by atoms with Gasteiger partial charge in [0.25, 0.3) is 5.91 Å². The molecule has 0 spiro atoms. The summed E-state index contributed by atoms with van der Waals surface area (Å²) in [5, 5.41) is 10.2. The number of aromatic nitrogens is 2. The van der Waals surface area contributed by atoms with Gasteiger partial charge in [0.05, 0.1) is 0 Å². The number of aromatic amines is 1. The van der Waals surface area contributed by atoms with Crippen LogP contribution in [0.5, 0.6) is 0 Å². The number of nitrogens with zero attached hydrogens (tertiary/aromatic N) is 2. The van der Waals surface area contributed by atoms with Crippen molar-refractivity contribution in [3.05, 3.63) is 65.5 Å². The molecule has 1 aromatic carbocycles. The maximum atomic E-state index is 12.6. The van der Waals surface area contributed by atoms with Gasteiger partial charge in [-0.25, -0.2) is 0 Å².